The summed E-state index contributed by atoms with van der Waals surface area (Å²) in [5.74, 6) is 1.80. The lowest BCUT2D eigenvalue weighted by atomic mass is 9.80. The Bertz CT molecular complexity index is 4360. The maximum Gasteiger partial charge on any atom is 0.146 e. The molecule has 2 aromatic heterocycles. The summed E-state index contributed by atoms with van der Waals surface area (Å²) in [6.45, 7) is 13.9. The molecule has 0 bridgehead atoms. The van der Waals surface area contributed by atoms with E-state index >= 15 is 0 Å². The molecule has 0 aliphatic carbocycles. The third-order valence-electron chi connectivity index (χ3n) is 14.3. The number of ether oxygens (including phenoxy) is 1. The molecule has 3 heterocycles. The van der Waals surface area contributed by atoms with Crippen molar-refractivity contribution in [3.63, 3.8) is 0 Å². The molecule has 1 aliphatic heterocycles. The lowest BCUT2D eigenvalue weighted by Crippen LogP contribution is -2.25. The second kappa shape index (κ2) is 16.1. The summed E-state index contributed by atoms with van der Waals surface area (Å²) in [7, 11) is 0. The van der Waals surface area contributed by atoms with Crippen molar-refractivity contribution in [2.75, 3.05) is 16.5 Å². The molecular formula is C66H54N4O. The minimum Gasteiger partial charge on any atom is -0.457 e. The SMILES string of the molecule is [2H]c1c([2H])c([2H])c(-c2cc(Oc3ccc4c5ccccc5n(-c5nc6ccc7ccccc7c6c6c5ccc5ccccc56)c4c3)cc(N3CN(c4cc(C(C)(C)C)cc(C(C)(C)C)c4)c4ccccc43)c2)c([2H])c1[2H]. The van der Waals surface area contributed by atoms with Crippen LogP contribution in [0.15, 0.2) is 206 Å². The molecule has 0 N–H and O–H groups in total. The fraction of sp³-hybridized carbons (Fsp3) is 0.136. The predicted molar refractivity (Wildman–Crippen MR) is 300 cm³/mol. The summed E-state index contributed by atoms with van der Waals surface area (Å²) >= 11 is 0. The van der Waals surface area contributed by atoms with Crippen LogP contribution in [0.5, 0.6) is 11.5 Å². The summed E-state index contributed by atoms with van der Waals surface area (Å²) < 4.78 is 53.4. The highest BCUT2D eigenvalue weighted by Gasteiger charge is 2.31. The quantitative estimate of drug-likeness (QED) is 0.156. The molecule has 0 saturated carbocycles. The highest BCUT2D eigenvalue weighted by molar-refractivity contribution is 6.28. The van der Waals surface area contributed by atoms with E-state index in [1.165, 1.54) is 11.1 Å². The first-order valence-corrected chi connectivity index (χ1v) is 24.4. The van der Waals surface area contributed by atoms with Crippen LogP contribution in [0.25, 0.3) is 82.0 Å². The van der Waals surface area contributed by atoms with Crippen molar-refractivity contribution in [1.82, 2.24) is 9.55 Å². The van der Waals surface area contributed by atoms with Crippen LogP contribution < -0.4 is 14.5 Å². The second-order valence-electron chi connectivity index (χ2n) is 20.9. The van der Waals surface area contributed by atoms with E-state index in [0.717, 1.165) is 93.6 Å². The van der Waals surface area contributed by atoms with Gasteiger partial charge in [0.15, 0.2) is 0 Å². The number of anilines is 4. The number of pyridine rings is 1. The molecule has 10 aromatic carbocycles. The average Bonchev–Trinajstić information content (AvgIpc) is 4.06. The van der Waals surface area contributed by atoms with Gasteiger partial charge in [0, 0.05) is 50.4 Å². The molecule has 1 aliphatic rings. The molecule has 0 fully saturated rings. The van der Waals surface area contributed by atoms with Crippen molar-refractivity contribution in [2.45, 2.75) is 52.4 Å². The second-order valence-corrected chi connectivity index (χ2v) is 20.9. The van der Waals surface area contributed by atoms with Crippen molar-refractivity contribution in [3.05, 3.63) is 217 Å². The van der Waals surface area contributed by atoms with Crippen LogP contribution in [-0.4, -0.2) is 16.2 Å². The summed E-state index contributed by atoms with van der Waals surface area (Å²) in [4.78, 5) is 10.1. The molecular weight excluding hydrogens is 865 g/mol. The van der Waals surface area contributed by atoms with Gasteiger partial charge in [0.2, 0.25) is 0 Å². The lowest BCUT2D eigenvalue weighted by Gasteiger charge is -2.29. The van der Waals surface area contributed by atoms with E-state index in [0.29, 0.717) is 23.7 Å². The van der Waals surface area contributed by atoms with Gasteiger partial charge in [-0.25, -0.2) is 4.98 Å². The first kappa shape index (κ1) is 37.5. The number of benzene rings is 10. The Morgan fingerprint density at radius 3 is 1.73 bits per heavy atom. The fourth-order valence-corrected chi connectivity index (χ4v) is 10.7. The smallest absolute Gasteiger partial charge is 0.146 e. The van der Waals surface area contributed by atoms with E-state index in [9.17, 15) is 0 Å². The third-order valence-corrected chi connectivity index (χ3v) is 14.3. The van der Waals surface area contributed by atoms with E-state index in [1.807, 2.05) is 24.3 Å². The highest BCUT2D eigenvalue weighted by Crippen LogP contribution is 2.48. The van der Waals surface area contributed by atoms with Gasteiger partial charge >= 0.3 is 0 Å². The van der Waals surface area contributed by atoms with Crippen molar-refractivity contribution < 1.29 is 11.6 Å². The average molecular weight is 924 g/mol. The molecule has 0 radical (unpaired) electrons. The zero-order valence-corrected chi connectivity index (χ0v) is 40.6. The highest BCUT2D eigenvalue weighted by atomic mass is 16.5. The van der Waals surface area contributed by atoms with Crippen LogP contribution >= 0.6 is 0 Å². The summed E-state index contributed by atoms with van der Waals surface area (Å²) in [6, 6.07) is 59.5. The molecule has 12 aromatic rings. The molecule has 5 heteroatoms. The van der Waals surface area contributed by atoms with Gasteiger partial charge in [0.05, 0.1) is 34.8 Å². The van der Waals surface area contributed by atoms with Crippen LogP contribution in [0.1, 0.15) is 59.5 Å². The predicted octanol–water partition coefficient (Wildman–Crippen LogP) is 18.1. The largest absolute Gasteiger partial charge is 0.457 e. The van der Waals surface area contributed by atoms with Gasteiger partial charge < -0.3 is 14.5 Å². The molecule has 13 rings (SSSR count). The molecule has 0 unspecified atom stereocenters. The van der Waals surface area contributed by atoms with Crippen LogP contribution in [-0.2, 0) is 10.8 Å². The number of hydrogen-bond acceptors (Lipinski definition) is 4. The Hall–Kier alpha value is -8.41. The van der Waals surface area contributed by atoms with Gasteiger partial charge in [-0.05, 0) is 121 Å². The van der Waals surface area contributed by atoms with E-state index in [1.54, 1.807) is 6.07 Å². The number of rotatable bonds is 6. The standard InChI is InChI=1S/C66H54N4O/c1-65(2,3)46-36-47(66(4,5)6)38-49(37-46)69-41-68(59-26-16-17-27-60(59)69)48-34-45(42-18-8-7-9-19-42)35-51(39-48)71-50-30-32-55-54-24-14-15-25-58(54)70(61(55)40-50)64-56-31-28-43-20-10-12-22-52(43)62(56)63-53-23-13-11-21-44(53)29-33-57(63)67-64/h7-40H,41H2,1-6H3/i7D,8D,9D,18D,19D. The van der Waals surface area contributed by atoms with E-state index < -0.39 is 18.1 Å². The third kappa shape index (κ3) is 7.17. The van der Waals surface area contributed by atoms with Crippen molar-refractivity contribution in [3.8, 4) is 28.4 Å². The number of hydrogen-bond donors (Lipinski definition) is 0. The van der Waals surface area contributed by atoms with E-state index in [2.05, 4.69) is 202 Å². The first-order valence-electron chi connectivity index (χ1n) is 26.9. The first-order chi connectivity index (χ1) is 36.5. The lowest BCUT2D eigenvalue weighted by molar-refractivity contribution is 0.483. The minimum atomic E-state index is -0.443. The van der Waals surface area contributed by atoms with Gasteiger partial charge in [0.1, 0.15) is 24.0 Å². The maximum atomic E-state index is 9.14. The van der Waals surface area contributed by atoms with Crippen molar-refractivity contribution >= 4 is 87.8 Å². The van der Waals surface area contributed by atoms with E-state index in [4.69, 9.17) is 16.6 Å². The Labute approximate surface area is 421 Å². The zero-order valence-electron chi connectivity index (χ0n) is 45.6. The maximum absolute atomic E-state index is 9.14. The van der Waals surface area contributed by atoms with Crippen molar-refractivity contribution in [1.29, 1.82) is 0 Å². The number of aromatic nitrogens is 2. The summed E-state index contributed by atoms with van der Waals surface area (Å²) in [6.07, 6.45) is 0. The van der Waals surface area contributed by atoms with Gasteiger partial charge in [-0.2, -0.15) is 0 Å². The number of fused-ring (bicyclic) bond motifs is 11. The Morgan fingerprint density at radius 1 is 0.465 bits per heavy atom. The number of nitrogens with zero attached hydrogens (tertiary/aromatic N) is 4. The van der Waals surface area contributed by atoms with Crippen molar-refractivity contribution in [2.24, 2.45) is 0 Å². The zero-order chi connectivity index (χ0) is 52.5. The Balaban J connectivity index is 1.00. The molecule has 0 amide bonds. The number of para-hydroxylation sites is 3. The summed E-state index contributed by atoms with van der Waals surface area (Å²) in [5, 5.41) is 10.00. The topological polar surface area (TPSA) is 33.5 Å². The van der Waals surface area contributed by atoms with Gasteiger partial charge in [-0.1, -0.05) is 169 Å². The van der Waals surface area contributed by atoms with E-state index in [-0.39, 0.29) is 28.5 Å². The Kier molecular flexibility index (Phi) is 8.49. The molecule has 5 nitrogen and oxygen atoms in total. The molecule has 344 valence electrons. The monoisotopic (exact) mass is 923 g/mol. The molecule has 71 heavy (non-hydrogen) atoms. The van der Waals surface area contributed by atoms with Gasteiger partial charge in [-0.15, -0.1) is 0 Å². The van der Waals surface area contributed by atoms with Crippen LogP contribution in [0.4, 0.5) is 22.7 Å². The fourth-order valence-electron chi connectivity index (χ4n) is 10.7. The molecule has 0 atom stereocenters. The van der Waals surface area contributed by atoms with Gasteiger partial charge in [-0.3, -0.25) is 4.57 Å². The summed E-state index contributed by atoms with van der Waals surface area (Å²) in [5.41, 5.74) is 9.43. The molecule has 0 saturated heterocycles. The van der Waals surface area contributed by atoms with Crippen LogP contribution in [0.2, 0.25) is 0 Å². The van der Waals surface area contributed by atoms with Crippen LogP contribution in [0.3, 0.4) is 0 Å². The van der Waals surface area contributed by atoms with Crippen LogP contribution in [0, 0.1) is 0 Å². The minimum absolute atomic E-state index is 0.0964. The Morgan fingerprint density at radius 2 is 1.04 bits per heavy atom. The normalized spacial score (nSPS) is 14.1. The van der Waals surface area contributed by atoms with Gasteiger partial charge in [0.25, 0.3) is 0 Å². The molecule has 0 spiro atoms.